The Balaban J connectivity index is 2.29. The maximum atomic E-state index is 12.8. The first kappa shape index (κ1) is 17.9. The van der Waals surface area contributed by atoms with Crippen LogP contribution in [0.15, 0.2) is 18.2 Å². The van der Waals surface area contributed by atoms with Crippen LogP contribution in [0.3, 0.4) is 0 Å². The number of nitro groups is 1. The Hall–Kier alpha value is -2.48. The minimum atomic E-state index is -0.726. The molecule has 1 heterocycles. The summed E-state index contributed by atoms with van der Waals surface area (Å²) in [7, 11) is 2.84. The normalized spacial score (nSPS) is 20.5. The van der Waals surface area contributed by atoms with E-state index >= 15 is 0 Å². The molecule has 0 spiro atoms. The van der Waals surface area contributed by atoms with Gasteiger partial charge in [-0.15, -0.1) is 0 Å². The lowest BCUT2D eigenvalue weighted by molar-refractivity contribution is -0.384. The average molecular weight is 336 g/mol. The van der Waals surface area contributed by atoms with Crippen molar-refractivity contribution in [2.75, 3.05) is 20.8 Å². The Bertz CT molecular complexity index is 660. The lowest BCUT2D eigenvalue weighted by Gasteiger charge is -2.37. The van der Waals surface area contributed by atoms with Crippen LogP contribution < -0.4 is 0 Å². The van der Waals surface area contributed by atoms with E-state index in [4.69, 9.17) is 9.47 Å². The van der Waals surface area contributed by atoms with Crippen molar-refractivity contribution in [3.05, 3.63) is 39.4 Å². The standard InChI is InChI=1S/C16H20N2O6/c1-10-8-11(18(21)22)4-5-13(10)15(19)17-7-6-12(23-2)9-14(17)16(20)24-3/h4-5,8,12,14H,6-7,9H2,1-3H3/t12-,14-/m1/s1. The van der Waals surface area contributed by atoms with Crippen LogP contribution in [0.2, 0.25) is 0 Å². The van der Waals surface area contributed by atoms with Crippen molar-refractivity contribution >= 4 is 17.6 Å². The van der Waals surface area contributed by atoms with Gasteiger partial charge in [-0.3, -0.25) is 14.9 Å². The van der Waals surface area contributed by atoms with Crippen molar-refractivity contribution in [1.82, 2.24) is 4.90 Å². The van der Waals surface area contributed by atoms with Crippen LogP contribution >= 0.6 is 0 Å². The van der Waals surface area contributed by atoms with Crippen LogP contribution in [0.5, 0.6) is 0 Å². The van der Waals surface area contributed by atoms with Gasteiger partial charge in [0.15, 0.2) is 0 Å². The van der Waals surface area contributed by atoms with E-state index in [2.05, 4.69) is 0 Å². The Morgan fingerprint density at radius 3 is 2.58 bits per heavy atom. The van der Waals surface area contributed by atoms with E-state index < -0.39 is 16.9 Å². The first-order valence-electron chi connectivity index (χ1n) is 7.55. The number of rotatable bonds is 4. The largest absolute Gasteiger partial charge is 0.467 e. The van der Waals surface area contributed by atoms with Gasteiger partial charge in [-0.2, -0.15) is 0 Å². The van der Waals surface area contributed by atoms with Gasteiger partial charge in [-0.05, 0) is 25.0 Å². The molecule has 130 valence electrons. The number of likely N-dealkylation sites (tertiary alicyclic amines) is 1. The molecule has 0 unspecified atom stereocenters. The maximum absolute atomic E-state index is 12.8. The third-order valence-corrected chi connectivity index (χ3v) is 4.27. The summed E-state index contributed by atoms with van der Waals surface area (Å²) in [5.74, 6) is -0.836. The van der Waals surface area contributed by atoms with Crippen molar-refractivity contribution in [1.29, 1.82) is 0 Å². The number of nitrogens with zero attached hydrogens (tertiary/aromatic N) is 2. The second kappa shape index (κ2) is 7.39. The van der Waals surface area contributed by atoms with Gasteiger partial charge in [-0.1, -0.05) is 0 Å². The maximum Gasteiger partial charge on any atom is 0.328 e. The molecule has 0 aromatic heterocycles. The highest BCUT2D eigenvalue weighted by atomic mass is 16.6. The number of nitro benzene ring substituents is 1. The van der Waals surface area contributed by atoms with E-state index in [1.807, 2.05) is 0 Å². The summed E-state index contributed by atoms with van der Waals surface area (Å²) in [5.41, 5.74) is 0.753. The van der Waals surface area contributed by atoms with Gasteiger partial charge in [0.2, 0.25) is 0 Å². The molecule has 1 saturated heterocycles. The van der Waals surface area contributed by atoms with Crippen LogP contribution in [0.4, 0.5) is 5.69 Å². The molecule has 0 aliphatic carbocycles. The van der Waals surface area contributed by atoms with Crippen molar-refractivity contribution in [3.63, 3.8) is 0 Å². The zero-order chi connectivity index (χ0) is 17.9. The van der Waals surface area contributed by atoms with Gasteiger partial charge in [-0.25, -0.2) is 4.79 Å². The van der Waals surface area contributed by atoms with Crippen molar-refractivity contribution in [2.24, 2.45) is 0 Å². The predicted octanol–water partition coefficient (Wildman–Crippen LogP) is 1.70. The monoisotopic (exact) mass is 336 g/mol. The second-order valence-corrected chi connectivity index (χ2v) is 5.68. The second-order valence-electron chi connectivity index (χ2n) is 5.68. The number of hydrogen-bond acceptors (Lipinski definition) is 6. The van der Waals surface area contributed by atoms with E-state index in [1.165, 1.54) is 30.2 Å². The number of aryl methyl sites for hydroxylation is 1. The predicted molar refractivity (Wildman–Crippen MR) is 84.7 cm³/mol. The molecule has 24 heavy (non-hydrogen) atoms. The Labute approximate surface area is 139 Å². The lowest BCUT2D eigenvalue weighted by atomic mass is 9.97. The van der Waals surface area contributed by atoms with E-state index in [-0.39, 0.29) is 17.7 Å². The molecule has 8 heteroatoms. The van der Waals surface area contributed by atoms with Crippen LogP contribution in [0.25, 0.3) is 0 Å². The van der Waals surface area contributed by atoms with Crippen LogP contribution in [0, 0.1) is 17.0 Å². The van der Waals surface area contributed by atoms with Crippen molar-refractivity contribution in [2.45, 2.75) is 31.9 Å². The molecule has 0 N–H and O–H groups in total. The number of benzene rings is 1. The van der Waals surface area contributed by atoms with Crippen molar-refractivity contribution < 1.29 is 24.0 Å². The van der Waals surface area contributed by atoms with Crippen LogP contribution in [0.1, 0.15) is 28.8 Å². The molecule has 1 aliphatic rings. The number of ether oxygens (including phenoxy) is 2. The molecule has 2 atom stereocenters. The van der Waals surface area contributed by atoms with Gasteiger partial charge in [0.1, 0.15) is 6.04 Å². The summed E-state index contributed by atoms with van der Waals surface area (Å²) in [5, 5.41) is 10.8. The summed E-state index contributed by atoms with van der Waals surface area (Å²) in [6, 6.07) is 3.33. The number of piperidine rings is 1. The zero-order valence-electron chi connectivity index (χ0n) is 13.9. The van der Waals surface area contributed by atoms with Gasteiger partial charge in [0, 0.05) is 37.8 Å². The van der Waals surface area contributed by atoms with Gasteiger partial charge in [0.05, 0.1) is 18.1 Å². The Morgan fingerprint density at radius 1 is 1.33 bits per heavy atom. The smallest absolute Gasteiger partial charge is 0.328 e. The van der Waals surface area contributed by atoms with E-state index in [9.17, 15) is 19.7 Å². The molecule has 1 aromatic rings. The molecule has 1 aromatic carbocycles. The molecule has 0 radical (unpaired) electrons. The van der Waals surface area contributed by atoms with Crippen LogP contribution in [-0.4, -0.2) is 54.6 Å². The van der Waals surface area contributed by atoms with Crippen LogP contribution in [-0.2, 0) is 14.3 Å². The summed E-state index contributed by atoms with van der Waals surface area (Å²) in [6.45, 7) is 1.99. The summed E-state index contributed by atoms with van der Waals surface area (Å²) >= 11 is 0. The highest BCUT2D eigenvalue weighted by molar-refractivity contribution is 5.98. The number of carbonyl (C=O) groups is 2. The molecule has 1 aliphatic heterocycles. The Morgan fingerprint density at radius 2 is 2.04 bits per heavy atom. The minimum Gasteiger partial charge on any atom is -0.467 e. The fourth-order valence-corrected chi connectivity index (χ4v) is 2.91. The zero-order valence-corrected chi connectivity index (χ0v) is 13.9. The molecular weight excluding hydrogens is 316 g/mol. The molecule has 0 bridgehead atoms. The molecule has 0 saturated carbocycles. The number of hydrogen-bond donors (Lipinski definition) is 0. The molecule has 2 rings (SSSR count). The first-order valence-corrected chi connectivity index (χ1v) is 7.55. The fraction of sp³-hybridized carbons (Fsp3) is 0.500. The van der Waals surface area contributed by atoms with Gasteiger partial charge < -0.3 is 14.4 Å². The Kier molecular flexibility index (Phi) is 5.50. The summed E-state index contributed by atoms with van der Waals surface area (Å²) in [6.07, 6.45) is 0.860. The quantitative estimate of drug-likeness (QED) is 0.471. The number of esters is 1. The number of amides is 1. The molecule has 1 amide bonds. The number of non-ortho nitro benzene ring substituents is 1. The van der Waals surface area contributed by atoms with E-state index in [1.54, 1.807) is 14.0 Å². The highest BCUT2D eigenvalue weighted by Crippen LogP contribution is 2.25. The van der Waals surface area contributed by atoms with E-state index in [0.29, 0.717) is 30.5 Å². The third kappa shape index (κ3) is 3.53. The number of carbonyl (C=O) groups excluding carboxylic acids is 2. The summed E-state index contributed by atoms with van der Waals surface area (Å²) in [4.78, 5) is 36.6. The highest BCUT2D eigenvalue weighted by Gasteiger charge is 2.37. The minimum absolute atomic E-state index is 0.0772. The molecule has 1 fully saturated rings. The average Bonchev–Trinajstić information content (AvgIpc) is 2.59. The SMILES string of the molecule is COC(=O)[C@H]1C[C@H](OC)CCN1C(=O)c1ccc([N+](=O)[O-])cc1C. The lowest BCUT2D eigenvalue weighted by Crippen LogP contribution is -2.52. The van der Waals surface area contributed by atoms with Gasteiger partial charge in [0.25, 0.3) is 11.6 Å². The first-order chi connectivity index (χ1) is 11.4. The third-order valence-electron chi connectivity index (χ3n) is 4.27. The van der Waals surface area contributed by atoms with Gasteiger partial charge >= 0.3 is 5.97 Å². The summed E-state index contributed by atoms with van der Waals surface area (Å²) < 4.78 is 10.1. The molecular formula is C16H20N2O6. The van der Waals surface area contributed by atoms with E-state index in [0.717, 1.165) is 0 Å². The van der Waals surface area contributed by atoms with Crippen molar-refractivity contribution in [3.8, 4) is 0 Å². The molecule has 8 nitrogen and oxygen atoms in total. The fourth-order valence-electron chi connectivity index (χ4n) is 2.91. The topological polar surface area (TPSA) is 99.0 Å². The number of methoxy groups -OCH3 is 2.